The molecule has 186 valence electrons. The summed E-state index contributed by atoms with van der Waals surface area (Å²) in [5, 5.41) is 24.8. The van der Waals surface area contributed by atoms with Crippen molar-refractivity contribution in [2.45, 2.75) is 44.9 Å². The number of rotatable bonds is 7. The maximum absolute atomic E-state index is 12.0. The van der Waals surface area contributed by atoms with E-state index in [1.807, 2.05) is 12.1 Å². The molecule has 1 unspecified atom stereocenters. The third kappa shape index (κ3) is 6.50. The van der Waals surface area contributed by atoms with E-state index in [1.54, 1.807) is 11.9 Å². The number of aliphatic carboxylic acids is 1. The molecule has 36 heavy (non-hydrogen) atoms. The van der Waals surface area contributed by atoms with Crippen LogP contribution in [-0.4, -0.2) is 54.4 Å². The van der Waals surface area contributed by atoms with Gasteiger partial charge in [-0.25, -0.2) is 0 Å². The van der Waals surface area contributed by atoms with Crippen LogP contribution in [0.4, 0.5) is 5.69 Å². The average molecular weight is 500 g/mol. The second kappa shape index (κ2) is 12.7. The maximum atomic E-state index is 12.0. The number of anilines is 1. The third-order valence-electron chi connectivity index (χ3n) is 7.69. The summed E-state index contributed by atoms with van der Waals surface area (Å²) >= 11 is 0. The SMILES string of the molecule is Cc1ccccc1[C@H](C/C(=N\O)C1CCC(=O)N(C)C1)c1ccc(N2CCC(C(=O)[O-])CC2)cc1.[Na+]. The van der Waals surface area contributed by atoms with Crippen LogP contribution < -0.4 is 39.6 Å². The number of hydrogen-bond acceptors (Lipinski definition) is 6. The van der Waals surface area contributed by atoms with Crippen LogP contribution in [0.15, 0.2) is 53.7 Å². The number of nitrogens with zero attached hydrogens (tertiary/aromatic N) is 3. The molecule has 0 saturated carbocycles. The van der Waals surface area contributed by atoms with Crippen molar-refractivity contribution in [3.8, 4) is 0 Å². The van der Waals surface area contributed by atoms with Gasteiger partial charge in [0.05, 0.1) is 5.71 Å². The van der Waals surface area contributed by atoms with Crippen LogP contribution in [0.5, 0.6) is 0 Å². The van der Waals surface area contributed by atoms with E-state index in [2.05, 4.69) is 53.4 Å². The summed E-state index contributed by atoms with van der Waals surface area (Å²) < 4.78 is 0. The van der Waals surface area contributed by atoms with Crippen molar-refractivity contribution in [2.24, 2.45) is 17.0 Å². The van der Waals surface area contributed by atoms with Gasteiger partial charge in [0.2, 0.25) is 5.91 Å². The fraction of sp³-hybridized carbons (Fsp3) is 0.464. The third-order valence-corrected chi connectivity index (χ3v) is 7.69. The molecule has 8 heteroatoms. The quantitative estimate of drug-likeness (QED) is 0.254. The van der Waals surface area contributed by atoms with Crippen LogP contribution in [0.3, 0.4) is 0 Å². The van der Waals surface area contributed by atoms with E-state index in [1.165, 1.54) is 11.1 Å². The second-order valence-electron chi connectivity index (χ2n) is 9.89. The van der Waals surface area contributed by atoms with E-state index in [-0.39, 0.29) is 53.2 Å². The number of aryl methyl sites for hydroxylation is 1. The second-order valence-corrected chi connectivity index (χ2v) is 9.89. The summed E-state index contributed by atoms with van der Waals surface area (Å²) in [7, 11) is 1.80. The topological polar surface area (TPSA) is 96.3 Å². The van der Waals surface area contributed by atoms with Crippen molar-refractivity contribution in [3.63, 3.8) is 0 Å². The van der Waals surface area contributed by atoms with Crippen molar-refractivity contribution in [3.05, 3.63) is 65.2 Å². The van der Waals surface area contributed by atoms with E-state index in [0.29, 0.717) is 51.7 Å². The first-order valence-corrected chi connectivity index (χ1v) is 12.4. The molecule has 4 rings (SSSR count). The van der Waals surface area contributed by atoms with E-state index < -0.39 is 5.97 Å². The molecule has 2 aliphatic rings. The number of hydrogen-bond donors (Lipinski definition) is 1. The number of oxime groups is 1. The van der Waals surface area contributed by atoms with Gasteiger partial charge in [0, 0.05) is 68.9 Å². The van der Waals surface area contributed by atoms with Gasteiger partial charge in [0.15, 0.2) is 0 Å². The molecule has 2 aromatic rings. The van der Waals surface area contributed by atoms with Crippen molar-refractivity contribution in [2.75, 3.05) is 31.6 Å². The van der Waals surface area contributed by atoms with Crippen molar-refractivity contribution < 1.29 is 49.5 Å². The Bertz CT molecular complexity index is 1080. The fourth-order valence-electron chi connectivity index (χ4n) is 5.46. The zero-order chi connectivity index (χ0) is 24.9. The number of carboxylic acids is 1. The Labute approximate surface area is 235 Å². The summed E-state index contributed by atoms with van der Waals surface area (Å²) in [6.07, 6.45) is 2.95. The first kappa shape index (κ1) is 28.2. The molecule has 7 nitrogen and oxygen atoms in total. The van der Waals surface area contributed by atoms with E-state index >= 15 is 0 Å². The molecule has 0 aliphatic carbocycles. The van der Waals surface area contributed by atoms with Crippen LogP contribution in [0.2, 0.25) is 0 Å². The number of carboxylic acid groups (broad SMARTS) is 1. The zero-order valence-electron chi connectivity index (χ0n) is 21.5. The zero-order valence-corrected chi connectivity index (χ0v) is 23.5. The number of carbonyl (C=O) groups is 2. The Morgan fingerprint density at radius 2 is 1.75 bits per heavy atom. The number of likely N-dealkylation sites (tertiary alicyclic amines) is 1. The first-order chi connectivity index (χ1) is 16.9. The molecule has 2 fully saturated rings. The average Bonchev–Trinajstić information content (AvgIpc) is 2.87. The van der Waals surface area contributed by atoms with Gasteiger partial charge in [-0.15, -0.1) is 0 Å². The van der Waals surface area contributed by atoms with Gasteiger partial charge in [-0.3, -0.25) is 4.79 Å². The predicted octanol–water partition coefficient (Wildman–Crippen LogP) is 0.186. The van der Waals surface area contributed by atoms with Crippen LogP contribution in [0.1, 0.15) is 54.7 Å². The van der Waals surface area contributed by atoms with Crippen LogP contribution in [0.25, 0.3) is 0 Å². The Morgan fingerprint density at radius 3 is 2.33 bits per heavy atom. The monoisotopic (exact) mass is 499 g/mol. The predicted molar refractivity (Wildman–Crippen MR) is 134 cm³/mol. The Kier molecular flexibility index (Phi) is 10.00. The number of piperidine rings is 2. The Hall–Kier alpha value is -2.35. The Balaban J connectivity index is 0.00000361. The molecule has 0 aromatic heterocycles. The van der Waals surface area contributed by atoms with Crippen molar-refractivity contribution >= 4 is 23.3 Å². The van der Waals surface area contributed by atoms with E-state index in [9.17, 15) is 19.9 Å². The summed E-state index contributed by atoms with van der Waals surface area (Å²) in [5.41, 5.74) is 5.31. The van der Waals surface area contributed by atoms with Crippen molar-refractivity contribution in [1.82, 2.24) is 4.90 Å². The minimum Gasteiger partial charge on any atom is -0.550 e. The maximum Gasteiger partial charge on any atom is 1.00 e. The van der Waals surface area contributed by atoms with E-state index in [4.69, 9.17) is 0 Å². The van der Waals surface area contributed by atoms with Gasteiger partial charge >= 0.3 is 29.6 Å². The number of benzene rings is 2. The van der Waals surface area contributed by atoms with Crippen LogP contribution in [0, 0.1) is 18.8 Å². The normalized spacial score (nSPS) is 20.1. The molecule has 1 amide bonds. The summed E-state index contributed by atoms with van der Waals surface area (Å²) in [6, 6.07) is 16.7. The first-order valence-electron chi connectivity index (χ1n) is 12.4. The van der Waals surface area contributed by atoms with Gasteiger partial charge in [0.25, 0.3) is 0 Å². The molecule has 0 bridgehead atoms. The van der Waals surface area contributed by atoms with Crippen LogP contribution in [-0.2, 0) is 9.59 Å². The number of carbonyl (C=O) groups excluding carboxylic acids is 2. The standard InChI is InChI=1S/C28H35N3O4.Na/c1-19-5-3-4-6-24(19)25(17-26(29-35)22-9-12-27(32)30(2)18-22)20-7-10-23(11-8-20)31-15-13-21(14-16-31)28(33)34;/h3-8,10-11,21-22,25,35H,9,12-18H2,1-2H3,(H,33,34);/q;+1/p-1/b29-26+;/t22?,25-;/m1./s1. The van der Waals surface area contributed by atoms with Crippen LogP contribution >= 0.6 is 0 Å². The molecular weight excluding hydrogens is 465 g/mol. The Morgan fingerprint density at radius 1 is 1.08 bits per heavy atom. The summed E-state index contributed by atoms with van der Waals surface area (Å²) in [4.78, 5) is 27.1. The van der Waals surface area contributed by atoms with Gasteiger partial charge in [-0.1, -0.05) is 41.6 Å². The smallest absolute Gasteiger partial charge is 0.550 e. The van der Waals surface area contributed by atoms with E-state index in [0.717, 1.165) is 17.0 Å². The molecule has 2 atom stereocenters. The molecule has 2 aliphatic heterocycles. The van der Waals surface area contributed by atoms with Gasteiger partial charge in [-0.05, 0) is 55.0 Å². The molecular formula is C28H34N3NaO4. The number of amides is 1. The van der Waals surface area contributed by atoms with Crippen molar-refractivity contribution in [1.29, 1.82) is 0 Å². The van der Waals surface area contributed by atoms with Gasteiger partial charge in [0.1, 0.15) is 0 Å². The minimum atomic E-state index is -0.948. The molecule has 2 aromatic carbocycles. The largest absolute Gasteiger partial charge is 1.00 e. The fourth-order valence-corrected chi connectivity index (χ4v) is 5.46. The molecule has 1 N–H and O–H groups in total. The molecule has 0 spiro atoms. The summed E-state index contributed by atoms with van der Waals surface area (Å²) in [6.45, 7) is 4.07. The molecule has 2 heterocycles. The summed E-state index contributed by atoms with van der Waals surface area (Å²) in [5.74, 6) is -1.12. The molecule has 2 saturated heterocycles. The molecule has 0 radical (unpaired) electrons. The van der Waals surface area contributed by atoms with Gasteiger partial charge < -0.3 is 24.9 Å². The van der Waals surface area contributed by atoms with Gasteiger partial charge in [-0.2, -0.15) is 0 Å². The minimum absolute atomic E-state index is 0.